The van der Waals surface area contributed by atoms with Crippen molar-refractivity contribution in [2.24, 2.45) is 0 Å². The summed E-state index contributed by atoms with van der Waals surface area (Å²) in [6.45, 7) is 4.39. The van der Waals surface area contributed by atoms with Crippen molar-refractivity contribution >= 4 is 21.6 Å². The van der Waals surface area contributed by atoms with E-state index in [4.69, 9.17) is 9.47 Å². The zero-order chi connectivity index (χ0) is 25.7. The molecular weight excluding hydrogens is 490 g/mol. The normalized spacial score (nSPS) is 18.1. The molecule has 37 heavy (non-hydrogen) atoms. The minimum atomic E-state index is -3.74. The van der Waals surface area contributed by atoms with Crippen LogP contribution in [0.25, 0.3) is 0 Å². The number of para-hydroxylation sites is 2. The Balaban J connectivity index is 1.26. The fourth-order valence-electron chi connectivity index (χ4n) is 4.62. The Labute approximate surface area is 217 Å². The third-order valence-corrected chi connectivity index (χ3v) is 8.24. The Bertz CT molecular complexity index is 1330. The molecule has 5 rings (SSSR count). The number of sulfonamides is 1. The second-order valence-corrected chi connectivity index (χ2v) is 11.2. The number of amides is 1. The highest BCUT2D eigenvalue weighted by Crippen LogP contribution is 2.35. The third kappa shape index (κ3) is 6.30. The molecule has 0 aliphatic carbocycles. The van der Waals surface area contributed by atoms with Crippen molar-refractivity contribution in [1.29, 1.82) is 0 Å². The molecule has 9 heteroatoms. The largest absolute Gasteiger partial charge is 0.476 e. The predicted octanol–water partition coefficient (Wildman–Crippen LogP) is 2.93. The lowest BCUT2D eigenvalue weighted by Crippen LogP contribution is -2.50. The van der Waals surface area contributed by atoms with E-state index in [2.05, 4.69) is 22.3 Å². The zero-order valence-electron chi connectivity index (χ0n) is 20.6. The minimum Gasteiger partial charge on any atom is -0.476 e. The lowest BCUT2D eigenvalue weighted by molar-refractivity contribution is -0.127. The van der Waals surface area contributed by atoms with Crippen molar-refractivity contribution in [2.45, 2.75) is 24.9 Å². The van der Waals surface area contributed by atoms with E-state index in [1.54, 1.807) is 36.4 Å². The van der Waals surface area contributed by atoms with Gasteiger partial charge in [-0.25, -0.2) is 8.42 Å². The van der Waals surface area contributed by atoms with Gasteiger partial charge < -0.3 is 14.8 Å². The van der Waals surface area contributed by atoms with Crippen LogP contribution >= 0.6 is 0 Å². The molecule has 3 aromatic rings. The molecule has 2 heterocycles. The number of carbonyl (C=O) groups is 1. The van der Waals surface area contributed by atoms with Gasteiger partial charge in [0.1, 0.15) is 5.75 Å². The lowest BCUT2D eigenvalue weighted by atomic mass is 10.1. The van der Waals surface area contributed by atoms with Crippen molar-refractivity contribution in [3.05, 3.63) is 95.6 Å². The molecule has 0 unspecified atom stereocenters. The lowest BCUT2D eigenvalue weighted by Gasteiger charge is -2.34. The second kappa shape index (κ2) is 11.3. The highest BCUT2D eigenvalue weighted by molar-refractivity contribution is 7.92. The first kappa shape index (κ1) is 25.3. The van der Waals surface area contributed by atoms with Gasteiger partial charge in [0, 0.05) is 26.2 Å². The van der Waals surface area contributed by atoms with Crippen LogP contribution in [0.2, 0.25) is 0 Å². The maximum Gasteiger partial charge on any atom is 0.263 e. The number of hydrogen-bond acceptors (Lipinski definition) is 6. The number of anilines is 1. The van der Waals surface area contributed by atoms with Gasteiger partial charge in [-0.2, -0.15) is 0 Å². The average molecular weight is 522 g/mol. The predicted molar refractivity (Wildman–Crippen MR) is 142 cm³/mol. The smallest absolute Gasteiger partial charge is 0.263 e. The van der Waals surface area contributed by atoms with E-state index in [0.717, 1.165) is 38.4 Å². The number of benzene rings is 3. The van der Waals surface area contributed by atoms with Gasteiger partial charge in [-0.05, 0) is 28.8 Å². The highest BCUT2D eigenvalue weighted by Gasteiger charge is 2.36. The van der Waals surface area contributed by atoms with Crippen LogP contribution in [0.4, 0.5) is 5.69 Å². The van der Waals surface area contributed by atoms with Crippen molar-refractivity contribution in [2.75, 3.05) is 37.2 Å². The van der Waals surface area contributed by atoms with Crippen LogP contribution < -0.4 is 14.4 Å². The minimum absolute atomic E-state index is 0.0882. The van der Waals surface area contributed by atoms with E-state index >= 15 is 0 Å². The first-order chi connectivity index (χ1) is 18.0. The van der Waals surface area contributed by atoms with Crippen LogP contribution in [0.1, 0.15) is 16.7 Å². The topological polar surface area (TPSA) is 88.2 Å². The molecule has 2 aliphatic rings. The summed E-state index contributed by atoms with van der Waals surface area (Å²) in [6.07, 6.45) is -0.961. The summed E-state index contributed by atoms with van der Waals surface area (Å²) in [5.41, 5.74) is 3.28. The summed E-state index contributed by atoms with van der Waals surface area (Å²) in [5.74, 6) is -0.141. The number of morpholine rings is 1. The van der Waals surface area contributed by atoms with E-state index in [0.29, 0.717) is 23.5 Å². The monoisotopic (exact) mass is 521 g/mol. The molecule has 0 radical (unpaired) electrons. The second-order valence-electron chi connectivity index (χ2n) is 9.27. The summed E-state index contributed by atoms with van der Waals surface area (Å²) in [6, 6.07) is 24.1. The Morgan fingerprint density at radius 3 is 2.41 bits per heavy atom. The van der Waals surface area contributed by atoms with E-state index in [1.807, 2.05) is 30.3 Å². The third-order valence-electron chi connectivity index (χ3n) is 6.52. The van der Waals surface area contributed by atoms with E-state index in [9.17, 15) is 13.2 Å². The van der Waals surface area contributed by atoms with Crippen molar-refractivity contribution in [1.82, 2.24) is 10.2 Å². The maximum absolute atomic E-state index is 13.4. The van der Waals surface area contributed by atoms with E-state index in [-0.39, 0.29) is 18.2 Å². The van der Waals surface area contributed by atoms with Gasteiger partial charge in [-0.1, -0.05) is 66.7 Å². The summed E-state index contributed by atoms with van der Waals surface area (Å²) >= 11 is 0. The van der Waals surface area contributed by atoms with Gasteiger partial charge in [0.05, 0.1) is 31.2 Å². The molecule has 0 spiro atoms. The Morgan fingerprint density at radius 1 is 0.892 bits per heavy atom. The first-order valence-corrected chi connectivity index (χ1v) is 14.0. The number of hydrogen-bond donors (Lipinski definition) is 1. The number of carbonyl (C=O) groups excluding carboxylic acids is 1. The van der Waals surface area contributed by atoms with Crippen LogP contribution in [-0.4, -0.2) is 58.2 Å². The summed E-state index contributed by atoms with van der Waals surface area (Å²) in [5, 5.41) is 2.93. The summed E-state index contributed by atoms with van der Waals surface area (Å²) < 4.78 is 39.5. The van der Waals surface area contributed by atoms with Gasteiger partial charge >= 0.3 is 0 Å². The molecule has 194 valence electrons. The number of nitrogens with zero attached hydrogens (tertiary/aromatic N) is 2. The van der Waals surface area contributed by atoms with Crippen molar-refractivity contribution < 1.29 is 22.7 Å². The van der Waals surface area contributed by atoms with E-state index in [1.165, 1.54) is 9.87 Å². The fourth-order valence-corrected chi connectivity index (χ4v) is 6.21. The van der Waals surface area contributed by atoms with Gasteiger partial charge in [-0.3, -0.25) is 14.0 Å². The number of fused-ring (bicyclic) bond motifs is 1. The Kier molecular flexibility index (Phi) is 7.73. The van der Waals surface area contributed by atoms with Gasteiger partial charge in [-0.15, -0.1) is 0 Å². The highest BCUT2D eigenvalue weighted by atomic mass is 32.2. The zero-order valence-corrected chi connectivity index (χ0v) is 21.4. The quantitative estimate of drug-likeness (QED) is 0.491. The van der Waals surface area contributed by atoms with Gasteiger partial charge in [0.15, 0.2) is 6.10 Å². The molecule has 1 amide bonds. The van der Waals surface area contributed by atoms with E-state index < -0.39 is 16.1 Å². The average Bonchev–Trinajstić information content (AvgIpc) is 2.92. The Morgan fingerprint density at radius 2 is 1.59 bits per heavy atom. The molecule has 1 atom stereocenters. The summed E-state index contributed by atoms with van der Waals surface area (Å²) in [7, 11) is -3.74. The molecular formula is C28H31N3O5S. The molecule has 0 bridgehead atoms. The van der Waals surface area contributed by atoms with Crippen LogP contribution in [0.3, 0.4) is 0 Å². The van der Waals surface area contributed by atoms with Crippen LogP contribution in [0, 0.1) is 0 Å². The fraction of sp³-hybridized carbons (Fsp3) is 0.321. The maximum atomic E-state index is 13.4. The molecule has 1 saturated heterocycles. The molecule has 1 N–H and O–H groups in total. The standard InChI is InChI=1S/C28H31N3O5S/c32-28(29-18-23-9-6-10-24(17-23)19-30-13-15-35-16-14-30)27-20-31(25-11-4-5-12-26(25)36-27)37(33,34)21-22-7-2-1-3-8-22/h1-12,17,27H,13-16,18-21H2,(H,29,32)/t27-/m1/s1. The van der Waals surface area contributed by atoms with Crippen LogP contribution in [-0.2, 0) is 38.4 Å². The van der Waals surface area contributed by atoms with Gasteiger partial charge in [0.2, 0.25) is 10.0 Å². The molecule has 8 nitrogen and oxygen atoms in total. The molecule has 1 fully saturated rings. The molecule has 0 aromatic heterocycles. The van der Waals surface area contributed by atoms with Crippen molar-refractivity contribution in [3.63, 3.8) is 0 Å². The van der Waals surface area contributed by atoms with Crippen molar-refractivity contribution in [3.8, 4) is 5.75 Å². The Hall–Kier alpha value is -3.40. The first-order valence-electron chi connectivity index (χ1n) is 12.4. The van der Waals surface area contributed by atoms with Crippen LogP contribution in [0.5, 0.6) is 5.75 Å². The number of ether oxygens (including phenoxy) is 2. The molecule has 0 saturated carbocycles. The van der Waals surface area contributed by atoms with Crippen LogP contribution in [0.15, 0.2) is 78.9 Å². The number of rotatable bonds is 8. The van der Waals surface area contributed by atoms with Gasteiger partial charge in [0.25, 0.3) is 5.91 Å². The summed E-state index contributed by atoms with van der Waals surface area (Å²) in [4.78, 5) is 15.5. The number of nitrogens with one attached hydrogen (secondary N) is 1. The molecule has 3 aromatic carbocycles. The SMILES string of the molecule is O=C(NCc1cccc(CN2CCOCC2)c1)[C@H]1CN(S(=O)(=O)Cc2ccccc2)c2ccccc2O1. The molecule has 2 aliphatic heterocycles.